The van der Waals surface area contributed by atoms with E-state index in [1.165, 1.54) is 5.57 Å². The average Bonchev–Trinajstić information content (AvgIpc) is 2.99. The highest BCUT2D eigenvalue weighted by Crippen LogP contribution is 2.59. The summed E-state index contributed by atoms with van der Waals surface area (Å²) in [5.41, 5.74) is 1.78. The minimum Gasteiger partial charge on any atom is -0.486 e. The molecule has 5 heteroatoms. The van der Waals surface area contributed by atoms with E-state index in [4.69, 9.17) is 21.1 Å². The van der Waals surface area contributed by atoms with Gasteiger partial charge in [-0.15, -0.1) is 0 Å². The van der Waals surface area contributed by atoms with Crippen LogP contribution in [-0.2, 0) is 4.79 Å². The molecule has 124 valence electrons. The quantitative estimate of drug-likeness (QED) is 0.838. The number of hydrogen-bond donors (Lipinski definition) is 1. The van der Waals surface area contributed by atoms with Gasteiger partial charge in [0.15, 0.2) is 11.5 Å². The summed E-state index contributed by atoms with van der Waals surface area (Å²) in [4.78, 5) is 12.6. The molecule has 1 aromatic rings. The average molecular weight is 336 g/mol. The van der Waals surface area contributed by atoms with E-state index in [0.717, 1.165) is 0 Å². The molecule has 0 spiro atoms. The number of carbonyl (C=O) groups excluding carboxylic acids is 1. The Bertz CT molecular complexity index is 677. The third-order valence-corrected chi connectivity index (χ3v) is 4.91. The summed E-state index contributed by atoms with van der Waals surface area (Å²) in [7, 11) is 0. The number of hydrogen-bond acceptors (Lipinski definition) is 3. The highest BCUT2D eigenvalue weighted by molar-refractivity contribution is 6.34. The van der Waals surface area contributed by atoms with Gasteiger partial charge in [0.2, 0.25) is 5.91 Å². The van der Waals surface area contributed by atoms with Gasteiger partial charge in [-0.3, -0.25) is 4.79 Å². The van der Waals surface area contributed by atoms with Crippen LogP contribution in [0, 0.1) is 17.3 Å². The zero-order valence-electron chi connectivity index (χ0n) is 13.9. The molecular formula is C18H22ClNO3. The van der Waals surface area contributed by atoms with Crippen LogP contribution >= 0.6 is 11.6 Å². The molecule has 3 rings (SSSR count). The largest absolute Gasteiger partial charge is 0.486 e. The fraction of sp³-hybridized carbons (Fsp3) is 0.500. The van der Waals surface area contributed by atoms with E-state index in [2.05, 4.69) is 39.1 Å². The lowest BCUT2D eigenvalue weighted by atomic mass is 10.1. The van der Waals surface area contributed by atoms with Crippen molar-refractivity contribution >= 4 is 23.2 Å². The molecule has 2 atom stereocenters. The van der Waals surface area contributed by atoms with Crippen LogP contribution in [0.25, 0.3) is 0 Å². The molecule has 1 saturated carbocycles. The second-order valence-electron chi connectivity index (χ2n) is 7.03. The van der Waals surface area contributed by atoms with Crippen molar-refractivity contribution in [3.05, 3.63) is 28.8 Å². The van der Waals surface area contributed by atoms with Gasteiger partial charge in [-0.05, 0) is 25.2 Å². The standard InChI is InChI=1S/C18H22ClNO3/c1-10(2)7-11-16(18(11,3)4)17(21)20-13-9-15-14(8-12(13)19)22-5-6-23-15/h7-9,11,16H,5-6H2,1-4H3,(H,20,21). The second-order valence-corrected chi connectivity index (χ2v) is 7.44. The summed E-state index contributed by atoms with van der Waals surface area (Å²) in [5.74, 6) is 1.46. The van der Waals surface area contributed by atoms with Crippen molar-refractivity contribution in [3.63, 3.8) is 0 Å². The Morgan fingerprint density at radius 3 is 2.48 bits per heavy atom. The number of halogens is 1. The molecule has 23 heavy (non-hydrogen) atoms. The zero-order chi connectivity index (χ0) is 16.8. The number of anilines is 1. The van der Waals surface area contributed by atoms with Gasteiger partial charge in [0.1, 0.15) is 13.2 Å². The lowest BCUT2D eigenvalue weighted by Crippen LogP contribution is -2.19. The fourth-order valence-corrected chi connectivity index (χ4v) is 3.42. The van der Waals surface area contributed by atoms with E-state index in [1.807, 2.05) is 0 Å². The Kier molecular flexibility index (Phi) is 4.05. The smallest absolute Gasteiger partial charge is 0.228 e. The maximum atomic E-state index is 12.6. The maximum absolute atomic E-state index is 12.6. The number of carbonyl (C=O) groups is 1. The van der Waals surface area contributed by atoms with Crippen LogP contribution in [0.3, 0.4) is 0 Å². The Morgan fingerprint density at radius 2 is 1.87 bits per heavy atom. The fourth-order valence-electron chi connectivity index (χ4n) is 3.22. The Morgan fingerprint density at radius 1 is 1.26 bits per heavy atom. The van der Waals surface area contributed by atoms with Crippen molar-refractivity contribution in [2.75, 3.05) is 18.5 Å². The Hall–Kier alpha value is -1.68. The molecule has 1 aliphatic heterocycles. The number of fused-ring (bicyclic) bond motifs is 1. The lowest BCUT2D eigenvalue weighted by molar-refractivity contribution is -0.118. The van der Waals surface area contributed by atoms with E-state index in [0.29, 0.717) is 35.4 Å². The van der Waals surface area contributed by atoms with Gasteiger partial charge in [-0.25, -0.2) is 0 Å². The van der Waals surface area contributed by atoms with Gasteiger partial charge in [-0.1, -0.05) is 37.1 Å². The summed E-state index contributed by atoms with van der Waals surface area (Å²) in [6.07, 6.45) is 2.18. The normalized spacial score (nSPS) is 23.9. The van der Waals surface area contributed by atoms with Gasteiger partial charge < -0.3 is 14.8 Å². The van der Waals surface area contributed by atoms with Gasteiger partial charge in [0.25, 0.3) is 0 Å². The molecule has 2 aliphatic rings. The monoisotopic (exact) mass is 335 g/mol. The van der Waals surface area contributed by atoms with Crippen molar-refractivity contribution in [2.24, 2.45) is 17.3 Å². The minimum absolute atomic E-state index is 0.00363. The van der Waals surface area contributed by atoms with E-state index in [-0.39, 0.29) is 23.2 Å². The van der Waals surface area contributed by atoms with Crippen molar-refractivity contribution < 1.29 is 14.3 Å². The number of rotatable bonds is 3. The van der Waals surface area contributed by atoms with Crippen LogP contribution in [0.5, 0.6) is 11.5 Å². The second kappa shape index (κ2) is 5.75. The molecule has 1 heterocycles. The zero-order valence-corrected chi connectivity index (χ0v) is 14.7. The van der Waals surface area contributed by atoms with Gasteiger partial charge in [0.05, 0.1) is 16.6 Å². The summed E-state index contributed by atoms with van der Waals surface area (Å²) < 4.78 is 11.0. The lowest BCUT2D eigenvalue weighted by Gasteiger charge is -2.20. The maximum Gasteiger partial charge on any atom is 0.228 e. The van der Waals surface area contributed by atoms with E-state index < -0.39 is 0 Å². The highest BCUT2D eigenvalue weighted by Gasteiger charge is 2.60. The van der Waals surface area contributed by atoms with Crippen molar-refractivity contribution in [1.29, 1.82) is 0 Å². The van der Waals surface area contributed by atoms with Gasteiger partial charge in [0, 0.05) is 12.1 Å². The molecule has 1 amide bonds. The molecule has 1 N–H and O–H groups in total. The summed E-state index contributed by atoms with van der Waals surface area (Å²) in [6.45, 7) is 9.36. The third-order valence-electron chi connectivity index (χ3n) is 4.60. The predicted octanol–water partition coefficient (Wildman–Crippen LogP) is 4.29. The number of nitrogens with one attached hydrogen (secondary N) is 1. The molecule has 0 aromatic heterocycles. The molecule has 0 bridgehead atoms. The van der Waals surface area contributed by atoms with E-state index in [9.17, 15) is 4.79 Å². The topological polar surface area (TPSA) is 47.6 Å². The highest BCUT2D eigenvalue weighted by atomic mass is 35.5. The van der Waals surface area contributed by atoms with Crippen LogP contribution < -0.4 is 14.8 Å². The number of benzene rings is 1. The predicted molar refractivity (Wildman–Crippen MR) is 91.3 cm³/mol. The summed E-state index contributed by atoms with van der Waals surface area (Å²) in [6, 6.07) is 3.43. The van der Waals surface area contributed by atoms with Crippen LogP contribution in [0.1, 0.15) is 27.7 Å². The Balaban J connectivity index is 1.78. The van der Waals surface area contributed by atoms with Crippen LogP contribution in [0.4, 0.5) is 5.69 Å². The first-order chi connectivity index (χ1) is 10.8. The number of allylic oxidation sites excluding steroid dienone is 2. The molecular weight excluding hydrogens is 314 g/mol. The molecule has 2 unspecified atom stereocenters. The van der Waals surface area contributed by atoms with Gasteiger partial charge in [-0.2, -0.15) is 0 Å². The molecule has 1 aromatic carbocycles. The van der Waals surface area contributed by atoms with E-state index >= 15 is 0 Å². The first kappa shape index (κ1) is 16.2. The molecule has 0 radical (unpaired) electrons. The van der Waals surface area contributed by atoms with Crippen molar-refractivity contribution in [2.45, 2.75) is 27.7 Å². The molecule has 4 nitrogen and oxygen atoms in total. The SMILES string of the molecule is CC(C)=CC1C(C(=O)Nc2cc3c(cc2Cl)OCCO3)C1(C)C. The van der Waals surface area contributed by atoms with Gasteiger partial charge >= 0.3 is 0 Å². The van der Waals surface area contributed by atoms with Crippen molar-refractivity contribution in [1.82, 2.24) is 0 Å². The van der Waals surface area contributed by atoms with Crippen LogP contribution in [0.2, 0.25) is 5.02 Å². The van der Waals surface area contributed by atoms with Crippen molar-refractivity contribution in [3.8, 4) is 11.5 Å². The number of ether oxygens (including phenoxy) is 2. The summed E-state index contributed by atoms with van der Waals surface area (Å²) >= 11 is 6.26. The first-order valence-corrected chi connectivity index (χ1v) is 8.23. The first-order valence-electron chi connectivity index (χ1n) is 7.85. The summed E-state index contributed by atoms with van der Waals surface area (Å²) in [5, 5.41) is 3.40. The van der Waals surface area contributed by atoms with E-state index in [1.54, 1.807) is 12.1 Å². The third kappa shape index (κ3) is 3.05. The van der Waals surface area contributed by atoms with Crippen LogP contribution in [0.15, 0.2) is 23.8 Å². The Labute approximate surface area is 141 Å². The molecule has 1 fully saturated rings. The molecule has 0 saturated heterocycles. The molecule has 1 aliphatic carbocycles. The minimum atomic E-state index is -0.0401. The van der Waals surface area contributed by atoms with Crippen LogP contribution in [-0.4, -0.2) is 19.1 Å². The number of amides is 1.